The molecule has 1 aliphatic carbocycles. The molecule has 0 bridgehead atoms. The quantitative estimate of drug-likeness (QED) is 0.333. The standard InChI is InChI=1S/C22H17Cl2F5O2/c1-21(2)15(9-17(24)22(27,28)29)18(21)20(30)31-10-14-16(25)8-7-13(19(14)26)11-3-5-12(23)6-4-11/h3-9,15,18H,10H2,1-2H3/b17-9-/t15-,18-/m0/s1. The van der Waals surface area contributed by atoms with Crippen LogP contribution in [0.4, 0.5) is 22.0 Å². The van der Waals surface area contributed by atoms with Crippen molar-refractivity contribution in [1.82, 2.24) is 0 Å². The van der Waals surface area contributed by atoms with Crippen molar-refractivity contribution in [2.45, 2.75) is 26.6 Å². The normalized spacial score (nSPS) is 20.5. The van der Waals surface area contributed by atoms with E-state index in [0.717, 1.165) is 12.1 Å². The zero-order chi connectivity index (χ0) is 23.1. The monoisotopic (exact) mass is 478 g/mol. The van der Waals surface area contributed by atoms with E-state index < -0.39 is 58.2 Å². The molecular weight excluding hydrogens is 462 g/mol. The third kappa shape index (κ3) is 4.88. The summed E-state index contributed by atoms with van der Waals surface area (Å²) in [6, 6.07) is 8.52. The van der Waals surface area contributed by atoms with Crippen LogP contribution in [-0.2, 0) is 16.1 Å². The average molecular weight is 479 g/mol. The molecule has 0 heterocycles. The first-order valence-corrected chi connectivity index (χ1v) is 9.93. The molecule has 2 atom stereocenters. The van der Waals surface area contributed by atoms with Crippen molar-refractivity contribution >= 4 is 29.2 Å². The van der Waals surface area contributed by atoms with Crippen LogP contribution < -0.4 is 0 Å². The highest BCUT2D eigenvalue weighted by molar-refractivity contribution is 6.30. The maximum Gasteiger partial charge on any atom is 0.426 e. The fourth-order valence-corrected chi connectivity index (χ4v) is 3.77. The highest BCUT2D eigenvalue weighted by Crippen LogP contribution is 2.60. The van der Waals surface area contributed by atoms with Crippen LogP contribution in [0.15, 0.2) is 47.5 Å². The van der Waals surface area contributed by atoms with Gasteiger partial charge in [0.25, 0.3) is 0 Å². The lowest BCUT2D eigenvalue weighted by Gasteiger charge is -2.11. The van der Waals surface area contributed by atoms with Crippen molar-refractivity contribution in [3.63, 3.8) is 0 Å². The molecule has 0 N–H and O–H groups in total. The Morgan fingerprint density at radius 2 is 1.74 bits per heavy atom. The summed E-state index contributed by atoms with van der Waals surface area (Å²) in [5.41, 5.74) is -0.747. The van der Waals surface area contributed by atoms with Gasteiger partial charge in [-0.1, -0.05) is 55.3 Å². The number of hydrogen-bond donors (Lipinski definition) is 0. The molecule has 0 aromatic heterocycles. The molecule has 1 saturated carbocycles. The molecule has 0 aliphatic heterocycles. The number of esters is 1. The van der Waals surface area contributed by atoms with E-state index in [1.807, 2.05) is 0 Å². The number of ether oxygens (including phenoxy) is 1. The number of benzene rings is 2. The van der Waals surface area contributed by atoms with Crippen molar-refractivity contribution in [2.75, 3.05) is 0 Å². The van der Waals surface area contributed by atoms with E-state index in [0.29, 0.717) is 10.6 Å². The highest BCUT2D eigenvalue weighted by Gasteiger charge is 2.62. The minimum absolute atomic E-state index is 0.0913. The van der Waals surface area contributed by atoms with E-state index in [1.54, 1.807) is 38.1 Å². The molecule has 1 aliphatic rings. The van der Waals surface area contributed by atoms with Crippen molar-refractivity contribution in [1.29, 1.82) is 0 Å². The summed E-state index contributed by atoms with van der Waals surface area (Å²) in [4.78, 5) is 12.4. The van der Waals surface area contributed by atoms with Gasteiger partial charge in [-0.05, 0) is 41.2 Å². The predicted molar refractivity (Wildman–Crippen MR) is 107 cm³/mol. The van der Waals surface area contributed by atoms with Crippen molar-refractivity contribution in [3.8, 4) is 11.1 Å². The van der Waals surface area contributed by atoms with E-state index in [-0.39, 0.29) is 5.56 Å². The lowest BCUT2D eigenvalue weighted by Crippen LogP contribution is -2.12. The molecule has 31 heavy (non-hydrogen) atoms. The smallest absolute Gasteiger partial charge is 0.426 e. The SMILES string of the molecule is CC1(C)[C@H](C(=O)OCc2c(F)ccc(-c3ccc(Cl)cc3)c2F)[C@@H]1/C=C(\Cl)C(F)(F)F. The molecule has 166 valence electrons. The molecule has 2 aromatic carbocycles. The van der Waals surface area contributed by atoms with Crippen molar-refractivity contribution in [3.05, 3.63) is 69.7 Å². The van der Waals surface area contributed by atoms with Crippen LogP contribution in [0, 0.1) is 28.9 Å². The summed E-state index contributed by atoms with van der Waals surface area (Å²) in [6.45, 7) is 2.47. The summed E-state index contributed by atoms with van der Waals surface area (Å²) in [5, 5.41) is -0.879. The number of carbonyl (C=O) groups excluding carboxylic acids is 1. The Kier molecular flexibility index (Phi) is 6.40. The van der Waals surface area contributed by atoms with Gasteiger partial charge in [0, 0.05) is 10.6 Å². The first-order chi connectivity index (χ1) is 14.3. The predicted octanol–water partition coefficient (Wildman–Crippen LogP) is 7.29. The molecular formula is C22H17Cl2F5O2. The summed E-state index contributed by atoms with van der Waals surface area (Å²) in [6.07, 6.45) is -3.95. The van der Waals surface area contributed by atoms with Crippen LogP contribution in [0.3, 0.4) is 0 Å². The molecule has 2 aromatic rings. The zero-order valence-electron chi connectivity index (χ0n) is 16.4. The number of carbonyl (C=O) groups is 1. The number of allylic oxidation sites excluding steroid dienone is 2. The van der Waals surface area contributed by atoms with Gasteiger partial charge in [0.1, 0.15) is 23.3 Å². The minimum atomic E-state index is -4.72. The Labute approximate surface area is 185 Å². The second-order valence-electron chi connectivity index (χ2n) is 7.84. The van der Waals surface area contributed by atoms with Gasteiger partial charge in [0.05, 0.1) is 11.5 Å². The molecule has 2 nitrogen and oxygen atoms in total. The second-order valence-corrected chi connectivity index (χ2v) is 8.68. The fourth-order valence-electron chi connectivity index (χ4n) is 3.51. The summed E-state index contributed by atoms with van der Waals surface area (Å²) < 4.78 is 72.2. The Balaban J connectivity index is 1.76. The first kappa shape index (κ1) is 23.5. The van der Waals surface area contributed by atoms with E-state index in [4.69, 9.17) is 27.9 Å². The van der Waals surface area contributed by atoms with E-state index in [9.17, 15) is 26.7 Å². The Morgan fingerprint density at radius 3 is 2.32 bits per heavy atom. The molecule has 0 saturated heterocycles. The first-order valence-electron chi connectivity index (χ1n) is 9.18. The lowest BCUT2D eigenvalue weighted by atomic mass is 10.0. The third-order valence-corrected chi connectivity index (χ3v) is 6.05. The molecule has 0 amide bonds. The molecule has 9 heteroatoms. The van der Waals surface area contributed by atoms with E-state index >= 15 is 0 Å². The van der Waals surface area contributed by atoms with Crippen LogP contribution in [0.1, 0.15) is 19.4 Å². The Morgan fingerprint density at radius 1 is 1.13 bits per heavy atom. The Bertz CT molecular complexity index is 1030. The van der Waals surface area contributed by atoms with Crippen LogP contribution in [0.2, 0.25) is 5.02 Å². The van der Waals surface area contributed by atoms with Gasteiger partial charge in [0.2, 0.25) is 0 Å². The van der Waals surface area contributed by atoms with Crippen LogP contribution in [-0.4, -0.2) is 12.1 Å². The van der Waals surface area contributed by atoms with Crippen LogP contribution in [0.25, 0.3) is 11.1 Å². The highest BCUT2D eigenvalue weighted by atomic mass is 35.5. The maximum atomic E-state index is 14.9. The summed E-state index contributed by atoms with van der Waals surface area (Å²) in [5.74, 6) is -4.37. The largest absolute Gasteiger partial charge is 0.460 e. The second kappa shape index (κ2) is 8.43. The Hall–Kier alpha value is -2.12. The van der Waals surface area contributed by atoms with Gasteiger partial charge < -0.3 is 4.74 Å². The fraction of sp³-hybridized carbons (Fsp3) is 0.318. The lowest BCUT2D eigenvalue weighted by molar-refractivity contribution is -0.147. The number of hydrogen-bond acceptors (Lipinski definition) is 2. The molecule has 0 radical (unpaired) electrons. The topological polar surface area (TPSA) is 26.3 Å². The minimum Gasteiger partial charge on any atom is -0.460 e. The van der Waals surface area contributed by atoms with Gasteiger partial charge in [-0.3, -0.25) is 4.79 Å². The number of alkyl halides is 3. The molecule has 1 fully saturated rings. The van der Waals surface area contributed by atoms with E-state index in [1.165, 1.54) is 6.07 Å². The maximum absolute atomic E-state index is 14.9. The summed E-state index contributed by atoms with van der Waals surface area (Å²) in [7, 11) is 0. The third-order valence-electron chi connectivity index (χ3n) is 5.46. The molecule has 0 unspecified atom stereocenters. The van der Waals surface area contributed by atoms with Gasteiger partial charge in [-0.2, -0.15) is 13.2 Å². The number of rotatable bonds is 5. The van der Waals surface area contributed by atoms with Gasteiger partial charge >= 0.3 is 12.1 Å². The number of halogens is 7. The van der Waals surface area contributed by atoms with E-state index in [2.05, 4.69) is 0 Å². The van der Waals surface area contributed by atoms with Crippen LogP contribution >= 0.6 is 23.2 Å². The average Bonchev–Trinajstić information content (AvgIpc) is 3.21. The van der Waals surface area contributed by atoms with Crippen molar-refractivity contribution in [2.24, 2.45) is 17.3 Å². The van der Waals surface area contributed by atoms with Crippen molar-refractivity contribution < 1.29 is 31.5 Å². The van der Waals surface area contributed by atoms with Gasteiger partial charge in [-0.25, -0.2) is 8.78 Å². The van der Waals surface area contributed by atoms with Gasteiger partial charge in [-0.15, -0.1) is 0 Å². The molecule has 0 spiro atoms. The summed E-state index contributed by atoms with van der Waals surface area (Å²) >= 11 is 11.1. The van der Waals surface area contributed by atoms with Crippen LogP contribution in [0.5, 0.6) is 0 Å². The molecule has 3 rings (SSSR count). The van der Waals surface area contributed by atoms with Gasteiger partial charge in [0.15, 0.2) is 0 Å². The zero-order valence-corrected chi connectivity index (χ0v) is 17.9.